The fourth-order valence-electron chi connectivity index (χ4n) is 3.92. The summed E-state index contributed by atoms with van der Waals surface area (Å²) in [4.78, 5) is 26.9. The predicted molar refractivity (Wildman–Crippen MR) is 79.0 cm³/mol. The second-order valence-electron chi connectivity index (χ2n) is 6.26. The van der Waals surface area contributed by atoms with E-state index in [0.29, 0.717) is 18.9 Å². The molecule has 2 atom stereocenters. The molecule has 0 saturated carbocycles. The van der Waals surface area contributed by atoms with E-state index in [-0.39, 0.29) is 23.0 Å². The maximum atomic E-state index is 12.9. The lowest BCUT2D eigenvalue weighted by Crippen LogP contribution is -2.69. The van der Waals surface area contributed by atoms with Crippen molar-refractivity contribution in [3.05, 3.63) is 27.7 Å². The molecular weight excluding hydrogens is 286 g/mol. The van der Waals surface area contributed by atoms with Crippen LogP contribution in [0.5, 0.6) is 5.75 Å². The molecule has 0 radical (unpaired) electrons. The van der Waals surface area contributed by atoms with E-state index < -0.39 is 5.66 Å². The van der Waals surface area contributed by atoms with Gasteiger partial charge in [-0.3, -0.25) is 19.3 Å². The van der Waals surface area contributed by atoms with Gasteiger partial charge in [0.25, 0.3) is 5.91 Å². The number of ether oxygens (including phenoxy) is 2. The van der Waals surface area contributed by atoms with Gasteiger partial charge in [0.2, 0.25) is 5.43 Å². The quantitative estimate of drug-likeness (QED) is 0.737. The van der Waals surface area contributed by atoms with E-state index in [1.165, 1.54) is 7.11 Å². The molecular formula is C15H19N3O4. The molecule has 1 fully saturated rings. The van der Waals surface area contributed by atoms with Crippen molar-refractivity contribution >= 4 is 5.91 Å². The van der Waals surface area contributed by atoms with Crippen LogP contribution in [0.4, 0.5) is 0 Å². The van der Waals surface area contributed by atoms with Crippen molar-refractivity contribution in [1.82, 2.24) is 9.58 Å². The molecule has 3 aliphatic rings. The van der Waals surface area contributed by atoms with Gasteiger partial charge < -0.3 is 14.4 Å². The number of methoxy groups -OCH3 is 1. The fourth-order valence-corrected chi connectivity index (χ4v) is 3.92. The number of hydrogen-bond acceptors (Lipinski definition) is 5. The summed E-state index contributed by atoms with van der Waals surface area (Å²) in [6.45, 7) is 3.93. The standard InChI is InChI=1S/C15H19N3O4/c1-9-7-17-15(4-5-22-8-15)16(2)14(20)12-13(21-3)11(19)6-10(9)18(12)17/h6,9H,4-5,7-8H2,1-3H3. The molecule has 1 aromatic rings. The Labute approximate surface area is 128 Å². The van der Waals surface area contributed by atoms with Crippen LogP contribution in [0.25, 0.3) is 0 Å². The molecule has 3 aliphatic heterocycles. The van der Waals surface area contributed by atoms with Crippen LogP contribution in [0.15, 0.2) is 10.9 Å². The number of pyridine rings is 1. The van der Waals surface area contributed by atoms with Crippen LogP contribution in [0.1, 0.15) is 35.4 Å². The third-order valence-corrected chi connectivity index (χ3v) is 5.16. The van der Waals surface area contributed by atoms with E-state index in [2.05, 4.69) is 11.9 Å². The van der Waals surface area contributed by atoms with Crippen molar-refractivity contribution in [3.63, 3.8) is 0 Å². The minimum atomic E-state index is -0.469. The van der Waals surface area contributed by atoms with E-state index in [1.807, 2.05) is 4.68 Å². The Morgan fingerprint density at radius 1 is 1.41 bits per heavy atom. The minimum absolute atomic E-state index is 0.119. The van der Waals surface area contributed by atoms with Gasteiger partial charge in [-0.2, -0.15) is 0 Å². The fraction of sp³-hybridized carbons (Fsp3) is 0.600. The largest absolute Gasteiger partial charge is 0.491 e. The normalized spacial score (nSPS) is 29.4. The van der Waals surface area contributed by atoms with Gasteiger partial charge in [-0.05, 0) is 0 Å². The second kappa shape index (κ2) is 4.25. The molecule has 1 aromatic heterocycles. The number of aromatic nitrogens is 1. The van der Waals surface area contributed by atoms with E-state index >= 15 is 0 Å². The lowest BCUT2D eigenvalue weighted by Gasteiger charge is -2.50. The molecule has 7 nitrogen and oxygen atoms in total. The number of amides is 1. The first kappa shape index (κ1) is 13.6. The number of rotatable bonds is 1. The molecule has 4 rings (SSSR count). The molecule has 0 N–H and O–H groups in total. The van der Waals surface area contributed by atoms with Gasteiger partial charge in [-0.1, -0.05) is 6.92 Å². The highest BCUT2D eigenvalue weighted by atomic mass is 16.5. The SMILES string of the molecule is COc1c2n3c(cc1=O)C(C)CN3C1(CCOC1)N(C)C2=O. The lowest BCUT2D eigenvalue weighted by molar-refractivity contribution is 0.0325. The van der Waals surface area contributed by atoms with Crippen LogP contribution >= 0.6 is 0 Å². The van der Waals surface area contributed by atoms with Crippen molar-refractivity contribution in [2.45, 2.75) is 24.9 Å². The Hall–Kier alpha value is -2.02. The zero-order valence-electron chi connectivity index (χ0n) is 13.0. The Bertz CT molecular complexity index is 720. The number of nitrogens with zero attached hydrogens (tertiary/aromatic N) is 3. The smallest absolute Gasteiger partial charge is 0.278 e. The molecule has 1 spiro atoms. The molecule has 118 valence electrons. The first-order chi connectivity index (χ1) is 10.5. The van der Waals surface area contributed by atoms with Crippen molar-refractivity contribution < 1.29 is 14.3 Å². The maximum absolute atomic E-state index is 12.9. The molecule has 7 heteroatoms. The zero-order chi connectivity index (χ0) is 15.6. The highest BCUT2D eigenvalue weighted by molar-refractivity contribution is 5.97. The summed E-state index contributed by atoms with van der Waals surface area (Å²) in [6, 6.07) is 1.59. The molecule has 0 bridgehead atoms. The van der Waals surface area contributed by atoms with Gasteiger partial charge in [0.1, 0.15) is 0 Å². The van der Waals surface area contributed by atoms with E-state index in [9.17, 15) is 9.59 Å². The van der Waals surface area contributed by atoms with E-state index in [0.717, 1.165) is 18.7 Å². The Morgan fingerprint density at radius 2 is 2.18 bits per heavy atom. The molecule has 1 amide bonds. The van der Waals surface area contributed by atoms with Crippen LogP contribution in [0.2, 0.25) is 0 Å². The molecule has 0 aromatic carbocycles. The predicted octanol–water partition coefficient (Wildman–Crippen LogP) is 0.114. The number of hydrogen-bond donors (Lipinski definition) is 0. The zero-order valence-corrected chi connectivity index (χ0v) is 13.0. The van der Waals surface area contributed by atoms with Crippen LogP contribution in [-0.4, -0.2) is 55.1 Å². The van der Waals surface area contributed by atoms with Crippen LogP contribution < -0.4 is 15.2 Å². The highest BCUT2D eigenvalue weighted by Crippen LogP contribution is 2.41. The first-order valence-corrected chi connectivity index (χ1v) is 7.49. The minimum Gasteiger partial charge on any atom is -0.491 e. The van der Waals surface area contributed by atoms with Gasteiger partial charge in [0.05, 0.1) is 20.3 Å². The van der Waals surface area contributed by atoms with Gasteiger partial charge >= 0.3 is 0 Å². The number of carbonyl (C=O) groups excluding carboxylic acids is 1. The summed E-state index contributed by atoms with van der Waals surface area (Å²) >= 11 is 0. The summed E-state index contributed by atoms with van der Waals surface area (Å²) in [6.07, 6.45) is 0.759. The number of likely N-dealkylation sites (N-methyl/N-ethyl adjacent to an activating group) is 1. The Kier molecular flexibility index (Phi) is 2.64. The van der Waals surface area contributed by atoms with E-state index in [1.54, 1.807) is 18.0 Å². The van der Waals surface area contributed by atoms with Crippen LogP contribution in [0, 0.1) is 0 Å². The van der Waals surface area contributed by atoms with Gasteiger partial charge in [0.15, 0.2) is 17.1 Å². The number of carbonyl (C=O) groups is 1. The van der Waals surface area contributed by atoms with Gasteiger partial charge in [0, 0.05) is 37.7 Å². The lowest BCUT2D eigenvalue weighted by atomic mass is 10.0. The third-order valence-electron chi connectivity index (χ3n) is 5.16. The Balaban J connectivity index is 2.05. The Morgan fingerprint density at radius 3 is 2.82 bits per heavy atom. The van der Waals surface area contributed by atoms with Crippen molar-refractivity contribution in [2.75, 3.05) is 38.9 Å². The molecule has 0 aliphatic carbocycles. The summed E-state index contributed by atoms with van der Waals surface area (Å²) in [5.41, 5.74) is 0.490. The third kappa shape index (κ3) is 1.39. The van der Waals surface area contributed by atoms with Gasteiger partial charge in [-0.15, -0.1) is 0 Å². The summed E-state index contributed by atoms with van der Waals surface area (Å²) in [7, 11) is 3.21. The molecule has 1 saturated heterocycles. The summed E-state index contributed by atoms with van der Waals surface area (Å²) < 4.78 is 12.7. The van der Waals surface area contributed by atoms with Crippen LogP contribution in [-0.2, 0) is 4.74 Å². The maximum Gasteiger partial charge on any atom is 0.278 e. The van der Waals surface area contributed by atoms with Gasteiger partial charge in [-0.25, -0.2) is 0 Å². The first-order valence-electron chi connectivity index (χ1n) is 7.49. The average Bonchev–Trinajstić information content (AvgIpc) is 3.10. The monoisotopic (exact) mass is 305 g/mol. The van der Waals surface area contributed by atoms with E-state index in [4.69, 9.17) is 9.47 Å². The average molecular weight is 305 g/mol. The molecule has 22 heavy (non-hydrogen) atoms. The topological polar surface area (TPSA) is 64.0 Å². The molecule has 2 unspecified atom stereocenters. The van der Waals surface area contributed by atoms with Crippen molar-refractivity contribution in [1.29, 1.82) is 0 Å². The van der Waals surface area contributed by atoms with Crippen molar-refractivity contribution in [3.8, 4) is 5.75 Å². The van der Waals surface area contributed by atoms with Crippen molar-refractivity contribution in [2.24, 2.45) is 0 Å². The van der Waals surface area contributed by atoms with Crippen LogP contribution in [0.3, 0.4) is 0 Å². The molecule has 4 heterocycles. The number of fused-ring (bicyclic) bond motifs is 1. The second-order valence-corrected chi connectivity index (χ2v) is 6.26. The summed E-state index contributed by atoms with van der Waals surface area (Å²) in [5.74, 6) is 0.106. The summed E-state index contributed by atoms with van der Waals surface area (Å²) in [5, 5.41) is 2.17. The highest BCUT2D eigenvalue weighted by Gasteiger charge is 2.55.